The van der Waals surface area contributed by atoms with Gasteiger partial charge in [-0.15, -0.1) is 6.42 Å². The van der Waals surface area contributed by atoms with Crippen molar-refractivity contribution in [2.75, 3.05) is 12.3 Å². The lowest BCUT2D eigenvalue weighted by Crippen LogP contribution is -2.36. The summed E-state index contributed by atoms with van der Waals surface area (Å²) in [6.07, 6.45) is 6.96. The lowest BCUT2D eigenvalue weighted by Gasteiger charge is -2.25. The van der Waals surface area contributed by atoms with Gasteiger partial charge in [0, 0.05) is 12.1 Å². The molecule has 2 aromatic rings. The molecular formula is C14H15ClN4O2. The largest absolute Gasteiger partial charge is 0.392 e. The number of ether oxygens (including phenoxy) is 1. The zero-order valence-electron chi connectivity index (χ0n) is 13.2. The fourth-order valence-electron chi connectivity index (χ4n) is 2.62. The molecule has 0 saturated carbocycles. The van der Waals surface area contributed by atoms with E-state index >= 15 is 0 Å². The number of nitrogens with two attached hydrogens (primary N) is 1. The lowest BCUT2D eigenvalue weighted by atomic mass is 9.90. The molecule has 3 heterocycles. The van der Waals surface area contributed by atoms with Crippen LogP contribution in [-0.4, -0.2) is 31.8 Å². The molecule has 3 atom stereocenters. The van der Waals surface area contributed by atoms with Crippen LogP contribution in [0.15, 0.2) is 12.3 Å². The number of anilines is 1. The smallest absolute Gasteiger partial charge is 0.226 e. The molecule has 1 aliphatic heterocycles. The number of aliphatic hydroxyl groups is 1. The number of terminal acetylenes is 1. The van der Waals surface area contributed by atoms with Gasteiger partial charge in [-0.2, -0.15) is 4.98 Å². The van der Waals surface area contributed by atoms with Gasteiger partial charge in [-0.3, -0.25) is 0 Å². The first-order chi connectivity index (χ1) is 10.7. The van der Waals surface area contributed by atoms with Gasteiger partial charge in [0.15, 0.2) is 5.60 Å². The summed E-state index contributed by atoms with van der Waals surface area (Å²) in [6.45, 7) is -0.944. The minimum absolute atomic E-state index is 0.00157. The van der Waals surface area contributed by atoms with Gasteiger partial charge in [0.05, 0.1) is 14.7 Å². The molecule has 0 spiro atoms. The number of halogens is 1. The zero-order valence-corrected chi connectivity index (χ0v) is 12.0. The Morgan fingerprint density at radius 2 is 2.52 bits per heavy atom. The Labute approximate surface area is 129 Å². The molecular weight excluding hydrogens is 292 g/mol. The second-order valence-electron chi connectivity index (χ2n) is 5.04. The maximum absolute atomic E-state index is 9.84. The Kier molecular flexibility index (Phi) is 2.74. The van der Waals surface area contributed by atoms with E-state index in [4.69, 9.17) is 31.2 Å². The predicted molar refractivity (Wildman–Crippen MR) is 79.5 cm³/mol. The molecule has 21 heavy (non-hydrogen) atoms. The van der Waals surface area contributed by atoms with E-state index in [1.54, 1.807) is 23.8 Å². The molecule has 3 N–H and O–H groups in total. The number of hydrogen-bond donors (Lipinski definition) is 2. The monoisotopic (exact) mass is 308 g/mol. The van der Waals surface area contributed by atoms with Crippen LogP contribution >= 0.6 is 11.6 Å². The Hall–Kier alpha value is -1.81. The van der Waals surface area contributed by atoms with Crippen molar-refractivity contribution in [1.29, 1.82) is 0 Å². The quantitative estimate of drug-likeness (QED) is 0.650. The van der Waals surface area contributed by atoms with Crippen molar-refractivity contribution in [1.82, 2.24) is 14.5 Å². The van der Waals surface area contributed by atoms with Crippen LogP contribution < -0.4 is 5.73 Å². The van der Waals surface area contributed by atoms with Crippen molar-refractivity contribution >= 4 is 28.5 Å². The summed E-state index contributed by atoms with van der Waals surface area (Å²) in [5.41, 5.74) is 4.55. The van der Waals surface area contributed by atoms with Crippen LogP contribution in [0.1, 0.15) is 22.3 Å². The van der Waals surface area contributed by atoms with Gasteiger partial charge in [-0.25, -0.2) is 4.98 Å². The van der Waals surface area contributed by atoms with Crippen molar-refractivity contribution in [2.24, 2.45) is 5.92 Å². The molecule has 0 bridgehead atoms. The second-order valence-corrected chi connectivity index (χ2v) is 5.38. The molecule has 1 fully saturated rings. The maximum atomic E-state index is 9.84. The summed E-state index contributed by atoms with van der Waals surface area (Å²) in [6, 6.07) is 1.72. The molecule has 6 nitrogen and oxygen atoms in total. The molecule has 0 unspecified atom stereocenters. The first-order valence-electron chi connectivity index (χ1n) is 7.37. The Balaban J connectivity index is 2.07. The van der Waals surface area contributed by atoms with E-state index in [0.717, 1.165) is 0 Å². The second kappa shape index (κ2) is 4.88. The minimum Gasteiger partial charge on any atom is -0.392 e. The summed E-state index contributed by atoms with van der Waals surface area (Å²) in [4.78, 5) is 8.04. The predicted octanol–water partition coefficient (Wildman–Crippen LogP) is 1.59. The highest BCUT2D eigenvalue weighted by atomic mass is 35.5. The average Bonchev–Trinajstić information content (AvgIpc) is 2.99. The van der Waals surface area contributed by atoms with Crippen LogP contribution in [0.4, 0.5) is 5.82 Å². The van der Waals surface area contributed by atoms with Gasteiger partial charge in [0.1, 0.15) is 17.7 Å². The third-order valence-electron chi connectivity index (χ3n) is 3.84. The van der Waals surface area contributed by atoms with Crippen LogP contribution in [0, 0.1) is 18.3 Å². The Bertz CT molecular complexity index is 813. The number of fused-ring (bicyclic) bond motifs is 1. The summed E-state index contributed by atoms with van der Waals surface area (Å²) in [5, 5.41) is 10.5. The fourth-order valence-corrected chi connectivity index (χ4v) is 2.80. The summed E-state index contributed by atoms with van der Waals surface area (Å²) >= 11 is 5.86. The lowest BCUT2D eigenvalue weighted by molar-refractivity contribution is -0.0715. The highest BCUT2D eigenvalue weighted by Crippen LogP contribution is 2.42. The molecule has 0 radical (unpaired) electrons. The topological polar surface area (TPSA) is 86.2 Å². The molecule has 2 aromatic heterocycles. The third-order valence-corrected chi connectivity index (χ3v) is 4.01. The first-order valence-corrected chi connectivity index (χ1v) is 6.75. The molecule has 1 saturated heterocycles. The molecule has 3 rings (SSSR count). The molecule has 110 valence electrons. The van der Waals surface area contributed by atoms with Gasteiger partial charge >= 0.3 is 0 Å². The van der Waals surface area contributed by atoms with E-state index in [0.29, 0.717) is 17.5 Å². The van der Waals surface area contributed by atoms with Gasteiger partial charge in [-0.05, 0) is 24.1 Å². The summed E-state index contributed by atoms with van der Waals surface area (Å²) in [5.74, 6) is 2.11. The third kappa shape index (κ3) is 2.05. The van der Waals surface area contributed by atoms with E-state index < -0.39 is 24.3 Å². The van der Waals surface area contributed by atoms with Crippen LogP contribution in [0.2, 0.25) is 5.28 Å². The van der Waals surface area contributed by atoms with Crippen molar-refractivity contribution in [2.45, 2.75) is 25.2 Å². The Morgan fingerprint density at radius 1 is 1.76 bits per heavy atom. The van der Waals surface area contributed by atoms with Crippen LogP contribution in [-0.2, 0) is 4.74 Å². The van der Waals surface area contributed by atoms with Crippen LogP contribution in [0.5, 0.6) is 0 Å². The molecule has 7 heteroatoms. The van der Waals surface area contributed by atoms with Crippen LogP contribution in [0.25, 0.3) is 11.0 Å². The minimum atomic E-state index is -2.68. The number of aromatic nitrogens is 3. The Morgan fingerprint density at radius 3 is 3.14 bits per heavy atom. The number of nitrogen functional groups attached to an aromatic ring is 1. The first kappa shape index (κ1) is 11.8. The molecule has 0 aliphatic carbocycles. The number of rotatable bonds is 2. The van der Waals surface area contributed by atoms with Gasteiger partial charge < -0.3 is 20.1 Å². The molecule has 0 amide bonds. The normalized spacial score (nSPS) is 31.0. The van der Waals surface area contributed by atoms with Crippen molar-refractivity contribution in [3.8, 4) is 12.3 Å². The SMILES string of the molecule is [2H]C([2H])(O)[C@@]1(C#C)O[C@@H](n2ccc3c(N)nc(Cl)nc32)C[C@@H]1C. The average molecular weight is 309 g/mol. The van der Waals surface area contributed by atoms with E-state index in [1.807, 2.05) is 0 Å². The maximum Gasteiger partial charge on any atom is 0.226 e. The van der Waals surface area contributed by atoms with Crippen molar-refractivity contribution in [3.63, 3.8) is 0 Å². The van der Waals surface area contributed by atoms with Crippen LogP contribution in [0.3, 0.4) is 0 Å². The van der Waals surface area contributed by atoms with Crippen molar-refractivity contribution in [3.05, 3.63) is 17.5 Å². The van der Waals surface area contributed by atoms with E-state index in [1.165, 1.54) is 0 Å². The van der Waals surface area contributed by atoms with E-state index in [-0.39, 0.29) is 11.1 Å². The zero-order chi connectivity index (χ0) is 17.0. The van der Waals surface area contributed by atoms with E-state index in [2.05, 4.69) is 15.9 Å². The number of hydrogen-bond acceptors (Lipinski definition) is 5. The molecule has 1 aliphatic rings. The summed E-state index contributed by atoms with van der Waals surface area (Å²) < 4.78 is 22.7. The highest BCUT2D eigenvalue weighted by Gasteiger charge is 2.45. The van der Waals surface area contributed by atoms with Gasteiger partial charge in [0.25, 0.3) is 0 Å². The number of nitrogens with zero attached hydrogens (tertiary/aromatic N) is 3. The van der Waals surface area contributed by atoms with E-state index in [9.17, 15) is 5.11 Å². The van der Waals surface area contributed by atoms with Crippen molar-refractivity contribution < 1.29 is 12.6 Å². The summed E-state index contributed by atoms with van der Waals surface area (Å²) in [7, 11) is 0. The van der Waals surface area contributed by atoms with Gasteiger partial charge in [-0.1, -0.05) is 12.8 Å². The standard InChI is InChI=1S/C14H15ClN4O2/c1-3-14(7-20)8(2)6-10(21-14)19-5-4-9-11(16)17-13(15)18-12(9)19/h1,4-5,8,10,20H,6-7H2,2H3,(H2,16,17,18)/t8-,10+,14+/m0/s1/i7D2. The van der Waals surface area contributed by atoms with Gasteiger partial charge in [0.2, 0.25) is 5.28 Å². The highest BCUT2D eigenvalue weighted by molar-refractivity contribution is 6.28. The fraction of sp³-hybridized carbons (Fsp3) is 0.429. The molecule has 0 aromatic carbocycles.